The van der Waals surface area contributed by atoms with Crippen molar-refractivity contribution in [2.75, 3.05) is 14.1 Å². The maximum absolute atomic E-state index is 9.90. The Hall–Kier alpha value is -0.580. The van der Waals surface area contributed by atoms with E-state index in [1.807, 2.05) is 0 Å². The lowest BCUT2D eigenvalue weighted by atomic mass is 10.8. The van der Waals surface area contributed by atoms with E-state index in [2.05, 4.69) is 15.9 Å². The van der Waals surface area contributed by atoms with Crippen molar-refractivity contribution in [3.63, 3.8) is 0 Å². The highest BCUT2D eigenvalue weighted by Gasteiger charge is 2.02. The summed E-state index contributed by atoms with van der Waals surface area (Å²) in [6.45, 7) is 0. The van der Waals surface area contributed by atoms with E-state index >= 15 is 0 Å². The smallest absolute Gasteiger partial charge is 0.326 e. The van der Waals surface area contributed by atoms with Crippen LogP contribution >= 0.6 is 15.9 Å². The predicted molar refractivity (Wildman–Crippen MR) is 37.7 cm³/mol. The molecule has 0 aromatic heterocycles. The molecule has 0 heterocycles. The number of nitrogens with zero attached hydrogens (tertiary/aromatic N) is 2. The minimum absolute atomic E-state index is 0.0347. The van der Waals surface area contributed by atoms with E-state index in [0.29, 0.717) is 0 Å². The van der Waals surface area contributed by atoms with E-state index in [4.69, 9.17) is 0 Å². The van der Waals surface area contributed by atoms with Crippen LogP contribution < -0.4 is 0 Å². The lowest BCUT2D eigenvalue weighted by Gasteiger charge is -2.00. The number of nitro groups is 1. The SMILES string of the molecule is CN(C)C=C(Br)[N+](=O)[O-]. The molecular formula is C4H7BrN2O2. The standard InChI is InChI=1S/C4H7BrN2O2/c1-6(2)3-4(5)7(8)9/h3H,1-2H3. The van der Waals surface area contributed by atoms with Crippen molar-refractivity contribution in [1.82, 2.24) is 4.90 Å². The lowest BCUT2D eigenvalue weighted by Crippen LogP contribution is -2.04. The Morgan fingerprint density at radius 2 is 2.22 bits per heavy atom. The third-order valence-corrected chi connectivity index (χ3v) is 1.03. The number of halogens is 1. The van der Waals surface area contributed by atoms with Crippen molar-refractivity contribution in [2.45, 2.75) is 0 Å². The molecule has 5 heteroatoms. The molecule has 0 spiro atoms. The van der Waals surface area contributed by atoms with E-state index in [-0.39, 0.29) is 4.61 Å². The summed E-state index contributed by atoms with van der Waals surface area (Å²) >= 11 is 2.76. The minimum Gasteiger partial charge on any atom is -0.378 e. The maximum Gasteiger partial charge on any atom is 0.326 e. The Morgan fingerprint density at radius 3 is 2.33 bits per heavy atom. The fourth-order valence-electron chi connectivity index (χ4n) is 0.260. The van der Waals surface area contributed by atoms with Gasteiger partial charge in [0.2, 0.25) is 0 Å². The van der Waals surface area contributed by atoms with Crippen molar-refractivity contribution >= 4 is 15.9 Å². The molecule has 0 amide bonds. The first kappa shape index (κ1) is 8.42. The van der Waals surface area contributed by atoms with Gasteiger partial charge in [0.1, 0.15) is 0 Å². The van der Waals surface area contributed by atoms with Gasteiger partial charge in [-0.2, -0.15) is 0 Å². The molecule has 0 radical (unpaired) electrons. The van der Waals surface area contributed by atoms with Crippen LogP contribution in [-0.4, -0.2) is 23.9 Å². The predicted octanol–water partition coefficient (Wildman–Crippen LogP) is 1.02. The minimum atomic E-state index is -0.500. The number of hydrogen-bond acceptors (Lipinski definition) is 3. The van der Waals surface area contributed by atoms with Gasteiger partial charge in [0.05, 0.1) is 11.1 Å². The molecule has 0 atom stereocenters. The molecule has 0 aliphatic carbocycles. The van der Waals surface area contributed by atoms with Crippen LogP contribution in [0.2, 0.25) is 0 Å². The van der Waals surface area contributed by atoms with Crippen LogP contribution in [0.1, 0.15) is 0 Å². The van der Waals surface area contributed by atoms with Crippen molar-refractivity contribution in [3.8, 4) is 0 Å². The highest BCUT2D eigenvalue weighted by molar-refractivity contribution is 9.11. The zero-order chi connectivity index (χ0) is 7.44. The number of hydrogen-bond donors (Lipinski definition) is 0. The second-order valence-corrected chi connectivity index (χ2v) is 2.49. The average Bonchev–Trinajstić information content (AvgIpc) is 1.63. The van der Waals surface area contributed by atoms with Gasteiger partial charge in [-0.1, -0.05) is 0 Å². The fourth-order valence-corrected chi connectivity index (χ4v) is 0.670. The summed E-state index contributed by atoms with van der Waals surface area (Å²) in [6.07, 6.45) is 1.38. The van der Waals surface area contributed by atoms with Gasteiger partial charge < -0.3 is 4.90 Å². The van der Waals surface area contributed by atoms with Crippen LogP contribution in [0, 0.1) is 10.1 Å². The molecule has 0 saturated heterocycles. The zero-order valence-corrected chi connectivity index (χ0v) is 6.75. The van der Waals surface area contributed by atoms with Crippen molar-refractivity contribution in [2.24, 2.45) is 0 Å². The van der Waals surface area contributed by atoms with Crippen LogP contribution in [0.5, 0.6) is 0 Å². The summed E-state index contributed by atoms with van der Waals surface area (Å²) in [4.78, 5) is 11.0. The Labute approximate surface area is 61.4 Å². The van der Waals surface area contributed by atoms with Gasteiger partial charge in [-0.3, -0.25) is 10.1 Å². The highest BCUT2D eigenvalue weighted by Crippen LogP contribution is 2.04. The molecule has 0 aliphatic heterocycles. The third kappa shape index (κ3) is 3.96. The van der Waals surface area contributed by atoms with Crippen LogP contribution in [0.15, 0.2) is 10.8 Å². The van der Waals surface area contributed by atoms with E-state index in [0.717, 1.165) is 0 Å². The first-order chi connectivity index (χ1) is 4.04. The molecule has 0 fully saturated rings. The molecule has 0 N–H and O–H groups in total. The average molecular weight is 195 g/mol. The summed E-state index contributed by atoms with van der Waals surface area (Å²) in [7, 11) is 3.43. The fraction of sp³-hybridized carbons (Fsp3) is 0.500. The quantitative estimate of drug-likeness (QED) is 0.375. The van der Waals surface area contributed by atoms with Gasteiger partial charge in [0, 0.05) is 30.0 Å². The van der Waals surface area contributed by atoms with Gasteiger partial charge in [0.15, 0.2) is 0 Å². The van der Waals surface area contributed by atoms with E-state index in [9.17, 15) is 10.1 Å². The maximum atomic E-state index is 9.90. The Balaban J connectivity index is 4.00. The molecule has 0 aromatic rings. The van der Waals surface area contributed by atoms with E-state index in [1.165, 1.54) is 6.20 Å². The Bertz CT molecular complexity index is 144. The summed E-state index contributed by atoms with van der Waals surface area (Å²) in [5.41, 5.74) is 0. The van der Waals surface area contributed by atoms with Crippen LogP contribution in [0.25, 0.3) is 0 Å². The molecule has 0 bridgehead atoms. The molecule has 0 saturated carbocycles. The molecule has 52 valence electrons. The summed E-state index contributed by atoms with van der Waals surface area (Å²) in [5.74, 6) is 0. The molecule has 0 unspecified atom stereocenters. The monoisotopic (exact) mass is 194 g/mol. The van der Waals surface area contributed by atoms with Crippen LogP contribution in [-0.2, 0) is 0 Å². The van der Waals surface area contributed by atoms with Gasteiger partial charge >= 0.3 is 4.61 Å². The van der Waals surface area contributed by atoms with Crippen molar-refractivity contribution in [3.05, 3.63) is 20.9 Å². The Kier molecular flexibility index (Phi) is 3.22. The topological polar surface area (TPSA) is 46.4 Å². The Morgan fingerprint density at radius 1 is 1.78 bits per heavy atom. The summed E-state index contributed by atoms with van der Waals surface area (Å²) in [5, 5.41) is 9.90. The lowest BCUT2D eigenvalue weighted by molar-refractivity contribution is -0.409. The molecule has 0 aromatic carbocycles. The second-order valence-electron chi connectivity index (χ2n) is 1.67. The summed E-state index contributed by atoms with van der Waals surface area (Å²) in [6, 6.07) is 0. The molecule has 0 aliphatic rings. The highest BCUT2D eigenvalue weighted by atomic mass is 79.9. The van der Waals surface area contributed by atoms with Gasteiger partial charge in [0.25, 0.3) is 0 Å². The summed E-state index contributed by atoms with van der Waals surface area (Å²) < 4.78 is -0.0347. The zero-order valence-electron chi connectivity index (χ0n) is 5.17. The van der Waals surface area contributed by atoms with E-state index < -0.39 is 4.92 Å². The van der Waals surface area contributed by atoms with E-state index in [1.54, 1.807) is 19.0 Å². The largest absolute Gasteiger partial charge is 0.378 e. The molecule has 4 nitrogen and oxygen atoms in total. The second kappa shape index (κ2) is 3.45. The van der Waals surface area contributed by atoms with Crippen LogP contribution in [0.3, 0.4) is 0 Å². The molecule has 9 heavy (non-hydrogen) atoms. The van der Waals surface area contributed by atoms with Gasteiger partial charge in [-0.05, 0) is 0 Å². The third-order valence-electron chi connectivity index (χ3n) is 0.539. The van der Waals surface area contributed by atoms with Crippen LogP contribution in [0.4, 0.5) is 0 Å². The first-order valence-corrected chi connectivity index (χ1v) is 3.01. The number of rotatable bonds is 2. The van der Waals surface area contributed by atoms with Crippen molar-refractivity contribution in [1.29, 1.82) is 0 Å². The molecular weight excluding hydrogens is 188 g/mol. The van der Waals surface area contributed by atoms with Crippen molar-refractivity contribution < 1.29 is 4.92 Å². The van der Waals surface area contributed by atoms with Gasteiger partial charge in [-0.25, -0.2) is 0 Å². The first-order valence-electron chi connectivity index (χ1n) is 2.22. The van der Waals surface area contributed by atoms with Gasteiger partial charge in [-0.15, -0.1) is 0 Å². The molecule has 0 rings (SSSR count). The normalized spacial score (nSPS) is 11.2.